The Morgan fingerprint density at radius 1 is 1.53 bits per heavy atom. The zero-order valence-corrected chi connectivity index (χ0v) is 11.1. The molecule has 0 amide bonds. The molecule has 17 heavy (non-hydrogen) atoms. The first-order chi connectivity index (χ1) is 7.95. The van der Waals surface area contributed by atoms with Gasteiger partial charge in [0.05, 0.1) is 0 Å². The maximum absolute atomic E-state index is 11.6. The second kappa shape index (κ2) is 6.02. The highest BCUT2D eigenvalue weighted by Crippen LogP contribution is 1.99. The molecule has 0 aromatic carbocycles. The molecule has 6 heteroatoms. The molecule has 1 aromatic rings. The highest BCUT2D eigenvalue weighted by molar-refractivity contribution is 6.29. The number of H-pyrrole nitrogens is 1. The monoisotopic (exact) mass is 259 g/mol. The van der Waals surface area contributed by atoms with Crippen LogP contribution in [0.25, 0.3) is 0 Å². The van der Waals surface area contributed by atoms with Crippen LogP contribution >= 0.6 is 11.6 Å². The van der Waals surface area contributed by atoms with Crippen molar-refractivity contribution < 1.29 is 0 Å². The van der Waals surface area contributed by atoms with Crippen LogP contribution in [0, 0.1) is 0 Å². The quantitative estimate of drug-likeness (QED) is 0.800. The van der Waals surface area contributed by atoms with Gasteiger partial charge in [-0.1, -0.05) is 18.5 Å². The van der Waals surface area contributed by atoms with E-state index in [1.165, 1.54) is 6.07 Å². The summed E-state index contributed by atoms with van der Waals surface area (Å²) in [6.07, 6.45) is 1.03. The molecule has 1 aromatic heterocycles. The molecular weight excluding hydrogens is 242 g/mol. The lowest BCUT2D eigenvalue weighted by atomic mass is 10.2. The van der Waals surface area contributed by atoms with E-state index in [9.17, 15) is 9.59 Å². The maximum Gasteiger partial charge on any atom is 0.329 e. The zero-order chi connectivity index (χ0) is 13.0. The van der Waals surface area contributed by atoms with Gasteiger partial charge < -0.3 is 4.90 Å². The van der Waals surface area contributed by atoms with Gasteiger partial charge >= 0.3 is 5.69 Å². The number of hydrogen-bond donors (Lipinski definition) is 1. The molecule has 96 valence electrons. The van der Waals surface area contributed by atoms with Gasteiger partial charge in [-0.3, -0.25) is 14.3 Å². The highest BCUT2D eigenvalue weighted by Gasteiger charge is 2.08. The van der Waals surface area contributed by atoms with Crippen LogP contribution in [0.1, 0.15) is 20.3 Å². The number of hydrogen-bond acceptors (Lipinski definition) is 3. The Bertz CT molecular complexity index is 449. The van der Waals surface area contributed by atoms with Crippen molar-refractivity contribution in [2.45, 2.75) is 32.9 Å². The van der Waals surface area contributed by atoms with E-state index in [-0.39, 0.29) is 10.7 Å². The average molecular weight is 260 g/mol. The van der Waals surface area contributed by atoms with Crippen molar-refractivity contribution in [2.75, 3.05) is 13.6 Å². The fraction of sp³-hybridized carbons (Fsp3) is 0.636. The van der Waals surface area contributed by atoms with Crippen molar-refractivity contribution in [3.63, 3.8) is 0 Å². The Morgan fingerprint density at radius 2 is 2.18 bits per heavy atom. The average Bonchev–Trinajstić information content (AvgIpc) is 2.26. The number of nitrogens with one attached hydrogen (secondary N) is 1. The van der Waals surface area contributed by atoms with Gasteiger partial charge in [0.25, 0.3) is 5.56 Å². The normalized spacial score (nSPS) is 13.0. The smallest absolute Gasteiger partial charge is 0.302 e. The molecule has 0 spiro atoms. The zero-order valence-electron chi connectivity index (χ0n) is 10.4. The van der Waals surface area contributed by atoms with Crippen LogP contribution < -0.4 is 11.2 Å². The van der Waals surface area contributed by atoms with Gasteiger partial charge in [-0.15, -0.1) is 0 Å². The van der Waals surface area contributed by atoms with Crippen LogP contribution in [-0.4, -0.2) is 34.1 Å². The van der Waals surface area contributed by atoms with E-state index in [4.69, 9.17) is 11.6 Å². The van der Waals surface area contributed by atoms with E-state index in [1.54, 1.807) is 0 Å². The van der Waals surface area contributed by atoms with Crippen molar-refractivity contribution in [1.29, 1.82) is 0 Å². The first kappa shape index (κ1) is 14.0. The molecule has 1 atom stereocenters. The Kier molecular flexibility index (Phi) is 4.96. The lowest BCUT2D eigenvalue weighted by Crippen LogP contribution is -2.39. The molecule has 0 radical (unpaired) electrons. The van der Waals surface area contributed by atoms with Gasteiger partial charge in [0.1, 0.15) is 5.15 Å². The predicted octanol–water partition coefficient (Wildman–Crippen LogP) is 0.920. The van der Waals surface area contributed by atoms with Crippen LogP contribution in [-0.2, 0) is 6.54 Å². The summed E-state index contributed by atoms with van der Waals surface area (Å²) in [7, 11) is 1.98. The first-order valence-corrected chi connectivity index (χ1v) is 6.03. The van der Waals surface area contributed by atoms with Gasteiger partial charge in [-0.25, -0.2) is 4.79 Å². The number of aromatic nitrogens is 2. The summed E-state index contributed by atoms with van der Waals surface area (Å²) in [5.74, 6) is 0. The third kappa shape index (κ3) is 3.71. The number of rotatable bonds is 5. The summed E-state index contributed by atoms with van der Waals surface area (Å²) < 4.78 is 1.16. The summed E-state index contributed by atoms with van der Waals surface area (Å²) in [5, 5.41) is 0.0755. The molecule has 1 rings (SSSR count). The first-order valence-electron chi connectivity index (χ1n) is 5.65. The molecule has 0 aliphatic heterocycles. The van der Waals surface area contributed by atoms with Gasteiger partial charge in [-0.05, 0) is 20.4 Å². The van der Waals surface area contributed by atoms with E-state index in [2.05, 4.69) is 23.7 Å². The van der Waals surface area contributed by atoms with Crippen molar-refractivity contribution in [2.24, 2.45) is 0 Å². The molecule has 0 fully saturated rings. The number of aromatic amines is 1. The molecule has 0 saturated heterocycles. The SMILES string of the molecule is CCC(C)N(C)CCn1c(=O)cc(Cl)[nH]c1=O. The number of nitrogens with zero attached hydrogens (tertiary/aromatic N) is 2. The van der Waals surface area contributed by atoms with Crippen molar-refractivity contribution in [3.8, 4) is 0 Å². The van der Waals surface area contributed by atoms with Crippen LogP contribution in [0.4, 0.5) is 0 Å². The fourth-order valence-corrected chi connectivity index (χ4v) is 1.67. The maximum atomic E-state index is 11.6. The number of likely N-dealkylation sites (N-methyl/N-ethyl adjacent to an activating group) is 1. The van der Waals surface area contributed by atoms with Crippen LogP contribution in [0.2, 0.25) is 5.15 Å². The van der Waals surface area contributed by atoms with E-state index < -0.39 is 5.69 Å². The van der Waals surface area contributed by atoms with Crippen molar-refractivity contribution >= 4 is 11.6 Å². The molecule has 1 heterocycles. The standard InChI is InChI=1S/C11H18ClN3O2/c1-4-8(2)14(3)5-6-15-10(16)7-9(12)13-11(15)17/h7-8H,4-6H2,1-3H3,(H,13,17). The van der Waals surface area contributed by atoms with Crippen LogP contribution in [0.15, 0.2) is 15.7 Å². The lowest BCUT2D eigenvalue weighted by Gasteiger charge is -2.23. The molecule has 0 aliphatic carbocycles. The Hall–Kier alpha value is -1.07. The molecule has 0 bridgehead atoms. The van der Waals surface area contributed by atoms with E-state index >= 15 is 0 Å². The van der Waals surface area contributed by atoms with E-state index in [0.29, 0.717) is 19.1 Å². The van der Waals surface area contributed by atoms with Gasteiger partial charge in [0, 0.05) is 25.2 Å². The third-order valence-electron chi connectivity index (χ3n) is 3.01. The molecular formula is C11H18ClN3O2. The highest BCUT2D eigenvalue weighted by atomic mass is 35.5. The summed E-state index contributed by atoms with van der Waals surface area (Å²) in [6, 6.07) is 1.64. The third-order valence-corrected chi connectivity index (χ3v) is 3.21. The second-order valence-corrected chi connectivity index (χ2v) is 4.56. The number of halogens is 1. The minimum absolute atomic E-state index is 0.0755. The lowest BCUT2D eigenvalue weighted by molar-refractivity contribution is 0.240. The summed E-state index contributed by atoms with van der Waals surface area (Å²) in [6.45, 7) is 5.23. The Labute approximate surface area is 105 Å². The van der Waals surface area contributed by atoms with Crippen molar-refractivity contribution in [3.05, 3.63) is 32.1 Å². The van der Waals surface area contributed by atoms with E-state index in [1.807, 2.05) is 7.05 Å². The molecule has 0 saturated carbocycles. The molecule has 1 N–H and O–H groups in total. The van der Waals surface area contributed by atoms with Crippen LogP contribution in [0.3, 0.4) is 0 Å². The van der Waals surface area contributed by atoms with Gasteiger partial charge in [-0.2, -0.15) is 0 Å². The summed E-state index contributed by atoms with van der Waals surface area (Å²) in [4.78, 5) is 27.6. The molecule has 5 nitrogen and oxygen atoms in total. The Morgan fingerprint density at radius 3 is 2.71 bits per heavy atom. The predicted molar refractivity (Wildman–Crippen MR) is 68.7 cm³/mol. The summed E-state index contributed by atoms with van der Waals surface area (Å²) >= 11 is 5.58. The topological polar surface area (TPSA) is 58.1 Å². The van der Waals surface area contributed by atoms with E-state index in [0.717, 1.165) is 11.0 Å². The van der Waals surface area contributed by atoms with Gasteiger partial charge in [0.2, 0.25) is 0 Å². The second-order valence-electron chi connectivity index (χ2n) is 4.15. The molecule has 0 aliphatic rings. The summed E-state index contributed by atoms with van der Waals surface area (Å²) in [5.41, 5.74) is -0.823. The molecule has 1 unspecified atom stereocenters. The van der Waals surface area contributed by atoms with Crippen molar-refractivity contribution in [1.82, 2.24) is 14.5 Å². The van der Waals surface area contributed by atoms with Gasteiger partial charge in [0.15, 0.2) is 0 Å². The largest absolute Gasteiger partial charge is 0.329 e. The van der Waals surface area contributed by atoms with Crippen LogP contribution in [0.5, 0.6) is 0 Å². The Balaban J connectivity index is 2.77. The minimum atomic E-state index is -0.458. The minimum Gasteiger partial charge on any atom is -0.302 e. The fourth-order valence-electron chi connectivity index (χ4n) is 1.49.